The van der Waals surface area contributed by atoms with Crippen molar-refractivity contribution in [3.63, 3.8) is 0 Å². The predicted molar refractivity (Wildman–Crippen MR) is 76.8 cm³/mol. The van der Waals surface area contributed by atoms with Crippen molar-refractivity contribution in [2.24, 2.45) is 0 Å². The maximum absolute atomic E-state index is 11.4. The average Bonchev–Trinajstić information content (AvgIpc) is 2.84. The number of nitrogens with zero attached hydrogens (tertiary/aromatic N) is 1. The zero-order valence-corrected chi connectivity index (χ0v) is 11.8. The van der Waals surface area contributed by atoms with E-state index in [1.807, 2.05) is 24.3 Å². The second-order valence-corrected chi connectivity index (χ2v) is 5.09. The number of aromatic nitrogens is 1. The van der Waals surface area contributed by atoms with Crippen molar-refractivity contribution in [3.8, 4) is 5.69 Å². The summed E-state index contributed by atoms with van der Waals surface area (Å²) in [6.45, 7) is 5.62. The predicted octanol–water partition coefficient (Wildman–Crippen LogP) is 3.50. The Morgan fingerprint density at radius 1 is 1.15 bits per heavy atom. The number of Topliss-reactive ketones (excluding diaryl/α,β-unsaturated/α-hetero) is 1. The van der Waals surface area contributed by atoms with Crippen LogP contribution in [0, 0.1) is 0 Å². The first-order valence-corrected chi connectivity index (χ1v) is 6.47. The van der Waals surface area contributed by atoms with Gasteiger partial charge in [0.05, 0.1) is 0 Å². The number of rotatable bonds is 4. The minimum Gasteiger partial charge on any atom is -0.477 e. The zero-order chi connectivity index (χ0) is 14.9. The molecule has 0 unspecified atom stereocenters. The lowest BCUT2D eigenvalue weighted by atomic mass is 10.0. The molecule has 0 fully saturated rings. The third-order valence-corrected chi connectivity index (χ3v) is 3.28. The lowest BCUT2D eigenvalue weighted by Gasteiger charge is -2.09. The third-order valence-electron chi connectivity index (χ3n) is 3.28. The van der Waals surface area contributed by atoms with Crippen molar-refractivity contribution in [1.29, 1.82) is 0 Å². The van der Waals surface area contributed by atoms with Gasteiger partial charge in [0.2, 0.25) is 0 Å². The minimum atomic E-state index is -1.05. The molecule has 20 heavy (non-hydrogen) atoms. The molecule has 0 spiro atoms. The van der Waals surface area contributed by atoms with Gasteiger partial charge in [-0.05, 0) is 36.6 Å². The highest BCUT2D eigenvalue weighted by atomic mass is 16.4. The summed E-state index contributed by atoms with van der Waals surface area (Å²) in [6, 6.07) is 9.08. The number of ketones is 1. The minimum absolute atomic E-state index is 0.0903. The van der Waals surface area contributed by atoms with Crippen LogP contribution in [0.25, 0.3) is 5.69 Å². The van der Waals surface area contributed by atoms with Gasteiger partial charge in [-0.15, -0.1) is 0 Å². The third kappa shape index (κ3) is 2.64. The Hall–Kier alpha value is -2.36. The van der Waals surface area contributed by atoms with Gasteiger partial charge < -0.3 is 9.67 Å². The van der Waals surface area contributed by atoms with E-state index in [1.165, 1.54) is 23.1 Å². The Labute approximate surface area is 117 Å². The molecule has 1 aromatic heterocycles. The number of benzene rings is 1. The van der Waals surface area contributed by atoms with Crippen molar-refractivity contribution in [1.82, 2.24) is 4.57 Å². The lowest BCUT2D eigenvalue weighted by Crippen LogP contribution is -2.05. The van der Waals surface area contributed by atoms with Gasteiger partial charge in [-0.1, -0.05) is 26.0 Å². The van der Waals surface area contributed by atoms with Crippen molar-refractivity contribution in [2.45, 2.75) is 26.7 Å². The molecule has 0 saturated heterocycles. The van der Waals surface area contributed by atoms with Gasteiger partial charge in [0.1, 0.15) is 5.69 Å². The van der Waals surface area contributed by atoms with E-state index < -0.39 is 5.97 Å². The fourth-order valence-electron chi connectivity index (χ4n) is 2.05. The fraction of sp³-hybridized carbons (Fsp3) is 0.250. The first-order valence-electron chi connectivity index (χ1n) is 6.47. The molecule has 1 heterocycles. The maximum Gasteiger partial charge on any atom is 0.352 e. The second kappa shape index (κ2) is 5.33. The molecule has 0 atom stereocenters. The van der Waals surface area contributed by atoms with Gasteiger partial charge in [-0.3, -0.25) is 4.79 Å². The van der Waals surface area contributed by atoms with E-state index in [-0.39, 0.29) is 11.5 Å². The molecule has 104 valence electrons. The highest BCUT2D eigenvalue weighted by molar-refractivity contribution is 5.97. The molecule has 2 rings (SSSR count). The molecule has 1 aromatic carbocycles. The van der Waals surface area contributed by atoms with Crippen molar-refractivity contribution >= 4 is 11.8 Å². The molecule has 0 radical (unpaired) electrons. The Morgan fingerprint density at radius 3 is 2.20 bits per heavy atom. The first kappa shape index (κ1) is 14.1. The molecular weight excluding hydrogens is 254 g/mol. The zero-order valence-electron chi connectivity index (χ0n) is 11.8. The number of carboxylic acid groups (broad SMARTS) is 1. The van der Waals surface area contributed by atoms with Crippen LogP contribution < -0.4 is 0 Å². The molecule has 1 N–H and O–H groups in total. The summed E-state index contributed by atoms with van der Waals surface area (Å²) in [5, 5.41) is 9.23. The quantitative estimate of drug-likeness (QED) is 0.866. The van der Waals surface area contributed by atoms with Crippen molar-refractivity contribution < 1.29 is 14.7 Å². The fourth-order valence-corrected chi connectivity index (χ4v) is 2.05. The van der Waals surface area contributed by atoms with Crippen LogP contribution >= 0.6 is 0 Å². The molecule has 0 amide bonds. The summed E-state index contributed by atoms with van der Waals surface area (Å²) >= 11 is 0. The van der Waals surface area contributed by atoms with Crippen LogP contribution in [-0.2, 0) is 0 Å². The van der Waals surface area contributed by atoms with Crippen LogP contribution in [0.4, 0.5) is 0 Å². The molecular formula is C16H17NO3. The molecule has 2 aromatic rings. The molecule has 4 heteroatoms. The largest absolute Gasteiger partial charge is 0.477 e. The number of aromatic carboxylic acids is 1. The summed E-state index contributed by atoms with van der Waals surface area (Å²) in [4.78, 5) is 22.7. The number of hydrogen-bond acceptors (Lipinski definition) is 2. The van der Waals surface area contributed by atoms with Crippen molar-refractivity contribution in [3.05, 3.63) is 53.3 Å². The lowest BCUT2D eigenvalue weighted by molar-refractivity contribution is 0.0688. The smallest absolute Gasteiger partial charge is 0.352 e. The van der Waals surface area contributed by atoms with Crippen molar-refractivity contribution in [2.75, 3.05) is 0 Å². The Balaban J connectivity index is 2.50. The Kier molecular flexibility index (Phi) is 3.74. The van der Waals surface area contributed by atoms with Gasteiger partial charge in [-0.2, -0.15) is 0 Å². The highest BCUT2D eigenvalue weighted by Crippen LogP contribution is 2.20. The maximum atomic E-state index is 11.4. The number of carbonyl (C=O) groups is 2. The molecule has 0 saturated carbocycles. The van der Waals surface area contributed by atoms with Crippen LogP contribution in [-0.4, -0.2) is 21.4 Å². The molecule has 0 bridgehead atoms. The second-order valence-electron chi connectivity index (χ2n) is 5.09. The van der Waals surface area contributed by atoms with E-state index in [9.17, 15) is 14.7 Å². The summed E-state index contributed by atoms with van der Waals surface area (Å²) in [5.41, 5.74) is 2.41. The summed E-state index contributed by atoms with van der Waals surface area (Å²) < 4.78 is 1.53. The SMILES string of the molecule is CC(=O)c1cc(C(=O)O)n(-c2ccc(C(C)C)cc2)c1. The highest BCUT2D eigenvalue weighted by Gasteiger charge is 2.15. The monoisotopic (exact) mass is 271 g/mol. The van der Waals surface area contributed by atoms with Crippen LogP contribution in [0.15, 0.2) is 36.5 Å². The van der Waals surface area contributed by atoms with E-state index in [0.29, 0.717) is 11.5 Å². The number of carboxylic acids is 1. The number of carbonyl (C=O) groups excluding carboxylic acids is 1. The van der Waals surface area contributed by atoms with E-state index in [1.54, 1.807) is 6.20 Å². The summed E-state index contributed by atoms with van der Waals surface area (Å²) in [6.07, 6.45) is 1.57. The van der Waals surface area contributed by atoms with E-state index in [2.05, 4.69) is 13.8 Å². The van der Waals surface area contributed by atoms with Crippen LogP contribution in [0.2, 0.25) is 0 Å². The summed E-state index contributed by atoms with van der Waals surface area (Å²) in [5.74, 6) is -0.782. The molecule has 0 aliphatic carbocycles. The van der Waals surface area contributed by atoms with Gasteiger partial charge in [0.25, 0.3) is 0 Å². The molecule has 4 nitrogen and oxygen atoms in total. The normalized spacial score (nSPS) is 10.8. The molecule has 0 aliphatic heterocycles. The van der Waals surface area contributed by atoms with Gasteiger partial charge in [-0.25, -0.2) is 4.79 Å². The number of hydrogen-bond donors (Lipinski definition) is 1. The van der Waals surface area contributed by atoms with Crippen LogP contribution in [0.1, 0.15) is 53.1 Å². The van der Waals surface area contributed by atoms with Gasteiger partial charge >= 0.3 is 5.97 Å². The first-order chi connectivity index (χ1) is 9.40. The Morgan fingerprint density at radius 2 is 1.75 bits per heavy atom. The van der Waals surface area contributed by atoms with E-state index in [4.69, 9.17) is 0 Å². The average molecular weight is 271 g/mol. The van der Waals surface area contributed by atoms with E-state index in [0.717, 1.165) is 5.69 Å². The van der Waals surface area contributed by atoms with Gasteiger partial charge in [0, 0.05) is 17.4 Å². The van der Waals surface area contributed by atoms with Crippen LogP contribution in [0.5, 0.6) is 0 Å². The molecule has 0 aliphatic rings. The van der Waals surface area contributed by atoms with Crippen LogP contribution in [0.3, 0.4) is 0 Å². The van der Waals surface area contributed by atoms with Gasteiger partial charge in [0.15, 0.2) is 5.78 Å². The summed E-state index contributed by atoms with van der Waals surface area (Å²) in [7, 11) is 0. The standard InChI is InChI=1S/C16H17NO3/c1-10(2)12-4-6-14(7-5-12)17-9-13(11(3)18)8-15(17)16(19)20/h4-10H,1-3H3,(H,19,20). The Bertz CT molecular complexity index is 651. The van der Waals surface area contributed by atoms with E-state index >= 15 is 0 Å². The topological polar surface area (TPSA) is 59.3 Å².